The fourth-order valence-electron chi connectivity index (χ4n) is 5.89. The van der Waals surface area contributed by atoms with Crippen LogP contribution in [0.15, 0.2) is 114 Å². The first-order chi connectivity index (χ1) is 17.0. The molecule has 6 aromatic rings. The first-order valence-corrected chi connectivity index (χ1v) is 12.9. The van der Waals surface area contributed by atoms with E-state index >= 15 is 0 Å². The summed E-state index contributed by atoms with van der Waals surface area (Å²) in [5.41, 5.74) is 11.6. The molecule has 7 rings (SSSR count). The van der Waals surface area contributed by atoms with Crippen molar-refractivity contribution in [3.8, 4) is 27.9 Å². The summed E-state index contributed by atoms with van der Waals surface area (Å²) < 4.78 is 3.51. The molecule has 0 saturated heterocycles. The van der Waals surface area contributed by atoms with Gasteiger partial charge in [0.1, 0.15) is 0 Å². The molecule has 0 unspecified atom stereocenters. The summed E-state index contributed by atoms with van der Waals surface area (Å²) in [5, 5.41) is 2.58. The number of fused-ring (bicyclic) bond motifs is 6. The standard InChI is InChI=1S/C33H24BrN/c1-33(2)29-19-22(13-17-25(29)26-18-14-23(34)20-30(26)33)21-11-15-24(16-12-21)35-31-9-5-3-7-27(31)28-8-4-6-10-32(28)35/h3-20H,1-2H3. The molecule has 0 saturated carbocycles. The molecule has 0 radical (unpaired) electrons. The zero-order valence-electron chi connectivity index (χ0n) is 19.7. The van der Waals surface area contributed by atoms with Crippen molar-refractivity contribution >= 4 is 37.7 Å². The molecule has 0 bridgehead atoms. The lowest BCUT2D eigenvalue weighted by Crippen LogP contribution is -2.15. The SMILES string of the molecule is CC1(C)c2cc(Br)ccc2-c2ccc(-c3ccc(-n4c5ccccc5c5ccccc54)cc3)cc21. The molecular formula is C33H24BrN. The molecule has 0 N–H and O–H groups in total. The van der Waals surface area contributed by atoms with Gasteiger partial charge >= 0.3 is 0 Å². The molecule has 1 nitrogen and oxygen atoms in total. The maximum Gasteiger partial charge on any atom is 0.0541 e. The number of hydrogen-bond acceptors (Lipinski definition) is 0. The number of rotatable bonds is 2. The van der Waals surface area contributed by atoms with Crippen LogP contribution in [-0.2, 0) is 5.41 Å². The second-order valence-corrected chi connectivity index (χ2v) is 10.9. The van der Waals surface area contributed by atoms with Crippen LogP contribution >= 0.6 is 15.9 Å². The Hall–Kier alpha value is -3.62. The van der Waals surface area contributed by atoms with Crippen molar-refractivity contribution in [2.24, 2.45) is 0 Å². The van der Waals surface area contributed by atoms with E-state index in [2.05, 4.69) is 144 Å². The van der Waals surface area contributed by atoms with E-state index in [0.717, 1.165) is 4.47 Å². The highest BCUT2D eigenvalue weighted by atomic mass is 79.9. The van der Waals surface area contributed by atoms with E-state index in [1.807, 2.05) is 0 Å². The van der Waals surface area contributed by atoms with Crippen LogP contribution in [0.25, 0.3) is 49.7 Å². The largest absolute Gasteiger partial charge is 0.309 e. The summed E-state index contributed by atoms with van der Waals surface area (Å²) in [6.07, 6.45) is 0. The molecule has 0 atom stereocenters. The average molecular weight is 514 g/mol. The number of nitrogens with zero attached hydrogens (tertiary/aromatic N) is 1. The van der Waals surface area contributed by atoms with Gasteiger partial charge in [0.15, 0.2) is 0 Å². The van der Waals surface area contributed by atoms with E-state index in [-0.39, 0.29) is 5.41 Å². The first-order valence-electron chi connectivity index (χ1n) is 12.1. The van der Waals surface area contributed by atoms with Gasteiger partial charge in [-0.2, -0.15) is 0 Å². The highest BCUT2D eigenvalue weighted by Crippen LogP contribution is 2.50. The molecule has 1 aliphatic carbocycles. The smallest absolute Gasteiger partial charge is 0.0541 e. The summed E-state index contributed by atoms with van der Waals surface area (Å²) in [6, 6.07) is 39.9. The van der Waals surface area contributed by atoms with E-state index in [1.54, 1.807) is 0 Å². The van der Waals surface area contributed by atoms with Gasteiger partial charge in [0.2, 0.25) is 0 Å². The number of hydrogen-bond donors (Lipinski definition) is 0. The Kier molecular flexibility index (Phi) is 4.40. The predicted octanol–water partition coefficient (Wildman–Crippen LogP) is 9.52. The van der Waals surface area contributed by atoms with Crippen molar-refractivity contribution in [1.29, 1.82) is 0 Å². The Balaban J connectivity index is 1.33. The maximum atomic E-state index is 3.66. The Labute approximate surface area is 213 Å². The van der Waals surface area contributed by atoms with E-state index in [1.165, 1.54) is 60.9 Å². The predicted molar refractivity (Wildman–Crippen MR) is 151 cm³/mol. The Bertz CT molecular complexity index is 1720. The Morgan fingerprint density at radius 1 is 0.571 bits per heavy atom. The minimum absolute atomic E-state index is 0.0205. The monoisotopic (exact) mass is 513 g/mol. The minimum atomic E-state index is -0.0205. The van der Waals surface area contributed by atoms with E-state index in [0.29, 0.717) is 0 Å². The van der Waals surface area contributed by atoms with Crippen molar-refractivity contribution in [2.45, 2.75) is 19.3 Å². The average Bonchev–Trinajstić information content (AvgIpc) is 3.33. The molecule has 0 fully saturated rings. The molecule has 1 heterocycles. The zero-order valence-corrected chi connectivity index (χ0v) is 21.3. The molecule has 168 valence electrons. The first kappa shape index (κ1) is 20.7. The van der Waals surface area contributed by atoms with Gasteiger partial charge in [-0.05, 0) is 75.8 Å². The summed E-state index contributed by atoms with van der Waals surface area (Å²) in [4.78, 5) is 0. The van der Waals surface area contributed by atoms with Gasteiger partial charge in [-0.3, -0.25) is 0 Å². The Morgan fingerprint density at radius 3 is 1.77 bits per heavy atom. The molecule has 5 aromatic carbocycles. The van der Waals surface area contributed by atoms with Gasteiger partial charge in [0.05, 0.1) is 11.0 Å². The van der Waals surface area contributed by atoms with E-state index in [9.17, 15) is 0 Å². The van der Waals surface area contributed by atoms with Crippen LogP contribution in [0.1, 0.15) is 25.0 Å². The lowest BCUT2D eigenvalue weighted by atomic mass is 9.81. The molecule has 1 aliphatic rings. The summed E-state index contributed by atoms with van der Waals surface area (Å²) >= 11 is 3.66. The number of halogens is 1. The van der Waals surface area contributed by atoms with Crippen molar-refractivity contribution in [3.05, 3.63) is 125 Å². The number of benzene rings is 5. The van der Waals surface area contributed by atoms with Crippen LogP contribution in [0.4, 0.5) is 0 Å². The number of aromatic nitrogens is 1. The van der Waals surface area contributed by atoms with Crippen LogP contribution in [0.2, 0.25) is 0 Å². The lowest BCUT2D eigenvalue weighted by Gasteiger charge is -2.22. The molecule has 1 aromatic heterocycles. The molecule has 2 heteroatoms. The van der Waals surface area contributed by atoms with Gasteiger partial charge in [-0.1, -0.05) is 96.5 Å². The van der Waals surface area contributed by atoms with E-state index in [4.69, 9.17) is 0 Å². The normalized spacial score (nSPS) is 13.8. The maximum absolute atomic E-state index is 3.66. The van der Waals surface area contributed by atoms with Gasteiger partial charge in [0.25, 0.3) is 0 Å². The molecule has 35 heavy (non-hydrogen) atoms. The fraction of sp³-hybridized carbons (Fsp3) is 0.0909. The van der Waals surface area contributed by atoms with Crippen LogP contribution in [0.5, 0.6) is 0 Å². The van der Waals surface area contributed by atoms with Gasteiger partial charge < -0.3 is 4.57 Å². The van der Waals surface area contributed by atoms with Gasteiger partial charge in [0, 0.05) is 26.3 Å². The van der Waals surface area contributed by atoms with Crippen molar-refractivity contribution in [1.82, 2.24) is 4.57 Å². The Morgan fingerprint density at radius 2 is 1.11 bits per heavy atom. The molecule has 0 aliphatic heterocycles. The second-order valence-electron chi connectivity index (χ2n) is 9.99. The van der Waals surface area contributed by atoms with Crippen molar-refractivity contribution in [3.63, 3.8) is 0 Å². The fourth-order valence-corrected chi connectivity index (χ4v) is 6.25. The third kappa shape index (κ3) is 3.00. The highest BCUT2D eigenvalue weighted by Gasteiger charge is 2.35. The topological polar surface area (TPSA) is 4.93 Å². The lowest BCUT2D eigenvalue weighted by molar-refractivity contribution is 0.660. The van der Waals surface area contributed by atoms with Crippen LogP contribution in [-0.4, -0.2) is 4.57 Å². The zero-order chi connectivity index (χ0) is 23.7. The van der Waals surface area contributed by atoms with Crippen LogP contribution in [0, 0.1) is 0 Å². The quantitative estimate of drug-likeness (QED) is 0.217. The highest BCUT2D eigenvalue weighted by molar-refractivity contribution is 9.10. The molecular weight excluding hydrogens is 490 g/mol. The van der Waals surface area contributed by atoms with Crippen molar-refractivity contribution < 1.29 is 0 Å². The summed E-state index contributed by atoms with van der Waals surface area (Å²) in [6.45, 7) is 4.67. The third-order valence-corrected chi connectivity index (χ3v) is 8.17. The van der Waals surface area contributed by atoms with Gasteiger partial charge in [-0.25, -0.2) is 0 Å². The molecule has 0 amide bonds. The summed E-state index contributed by atoms with van der Waals surface area (Å²) in [5.74, 6) is 0. The second kappa shape index (κ2) is 7.44. The van der Waals surface area contributed by atoms with Crippen molar-refractivity contribution in [2.75, 3.05) is 0 Å². The molecule has 0 spiro atoms. The van der Waals surface area contributed by atoms with E-state index < -0.39 is 0 Å². The number of para-hydroxylation sites is 2. The summed E-state index contributed by atoms with van der Waals surface area (Å²) in [7, 11) is 0. The van der Waals surface area contributed by atoms with Crippen LogP contribution in [0.3, 0.4) is 0 Å². The minimum Gasteiger partial charge on any atom is -0.309 e. The van der Waals surface area contributed by atoms with Gasteiger partial charge in [-0.15, -0.1) is 0 Å². The third-order valence-electron chi connectivity index (χ3n) is 7.68. The van der Waals surface area contributed by atoms with Crippen LogP contribution < -0.4 is 0 Å².